The third-order valence-corrected chi connectivity index (χ3v) is 15.5. The van der Waals surface area contributed by atoms with Crippen LogP contribution in [0.25, 0.3) is 0 Å². The Morgan fingerprint density at radius 1 is 0.257 bits per heavy atom. The summed E-state index contributed by atoms with van der Waals surface area (Å²) in [7, 11) is 0. The van der Waals surface area contributed by atoms with Crippen LogP contribution in [0.5, 0.6) is 0 Å². The Labute approximate surface area is 462 Å². The highest BCUT2D eigenvalue weighted by Crippen LogP contribution is 2.19. The first-order valence-corrected chi connectivity index (χ1v) is 33.7. The van der Waals surface area contributed by atoms with Gasteiger partial charge in [0.15, 0.2) is 6.10 Å². The van der Waals surface area contributed by atoms with Crippen molar-refractivity contribution in [2.24, 2.45) is 0 Å². The van der Waals surface area contributed by atoms with Crippen LogP contribution in [0.3, 0.4) is 0 Å². The van der Waals surface area contributed by atoms with Crippen LogP contribution < -0.4 is 0 Å². The Morgan fingerprint density at radius 2 is 0.446 bits per heavy atom. The lowest BCUT2D eigenvalue weighted by molar-refractivity contribution is -0.167. The molecule has 0 aromatic rings. The molecule has 0 rings (SSSR count). The molecule has 0 N–H and O–H groups in total. The van der Waals surface area contributed by atoms with Gasteiger partial charge in [-0.3, -0.25) is 14.4 Å². The van der Waals surface area contributed by atoms with E-state index in [1.807, 2.05) is 0 Å². The molecule has 0 aliphatic heterocycles. The van der Waals surface area contributed by atoms with E-state index < -0.39 is 6.10 Å². The second-order valence-electron chi connectivity index (χ2n) is 23.1. The second kappa shape index (κ2) is 63.7. The molecule has 6 nitrogen and oxygen atoms in total. The van der Waals surface area contributed by atoms with Crippen LogP contribution in [0.1, 0.15) is 387 Å². The molecule has 0 saturated heterocycles. The van der Waals surface area contributed by atoms with Gasteiger partial charge in [0, 0.05) is 19.3 Å². The molecular formula is C68H130O6. The smallest absolute Gasteiger partial charge is 0.306 e. The van der Waals surface area contributed by atoms with Crippen molar-refractivity contribution in [3.8, 4) is 0 Å². The molecule has 6 heteroatoms. The number of ether oxygens (including phenoxy) is 3. The van der Waals surface area contributed by atoms with Gasteiger partial charge in [0.1, 0.15) is 13.2 Å². The SMILES string of the molecule is CCCCCCCC/C=C\CCCCCCCC(=O)OC(COC(=O)CCCCCCCCCCCCCCC)COC(=O)CCCCCCCCCCCCCCCCCCCCCCCCCCCCCC. The lowest BCUT2D eigenvalue weighted by atomic mass is 10.0. The maximum absolute atomic E-state index is 12.9. The molecule has 1 unspecified atom stereocenters. The first kappa shape index (κ1) is 72.2. The van der Waals surface area contributed by atoms with E-state index in [1.165, 1.54) is 283 Å². The average Bonchev–Trinajstić information content (AvgIpc) is 3.40. The van der Waals surface area contributed by atoms with E-state index in [2.05, 4.69) is 32.9 Å². The molecule has 0 heterocycles. The Hall–Kier alpha value is -1.85. The Balaban J connectivity index is 4.14. The minimum atomic E-state index is -0.770. The van der Waals surface area contributed by atoms with Gasteiger partial charge in [0.2, 0.25) is 0 Å². The van der Waals surface area contributed by atoms with E-state index in [1.54, 1.807) is 0 Å². The number of unbranched alkanes of at least 4 members (excludes halogenated alkanes) is 50. The zero-order chi connectivity index (χ0) is 53.6. The molecule has 0 aliphatic carbocycles. The first-order chi connectivity index (χ1) is 36.5. The standard InChI is InChI=1S/C68H130O6/c1-4-7-10-13-16-19-22-25-27-28-29-30-31-32-33-34-35-36-37-38-39-41-43-46-49-52-55-58-61-67(70)73-64-65(63-72-66(69)60-57-54-51-48-45-42-24-21-18-15-12-9-6-3)74-68(71)62-59-56-53-50-47-44-40-26-23-20-17-14-11-8-5-2/h26,40,65H,4-25,27-39,41-64H2,1-3H3/b40-26-. The summed E-state index contributed by atoms with van der Waals surface area (Å²) in [6, 6.07) is 0. The van der Waals surface area contributed by atoms with E-state index in [0.717, 1.165) is 64.2 Å². The summed E-state index contributed by atoms with van der Waals surface area (Å²) in [5.41, 5.74) is 0. The molecule has 0 amide bonds. The summed E-state index contributed by atoms with van der Waals surface area (Å²) in [6.07, 6.45) is 75.3. The van der Waals surface area contributed by atoms with Crippen LogP contribution in [-0.2, 0) is 28.6 Å². The molecule has 1 atom stereocenters. The van der Waals surface area contributed by atoms with E-state index in [9.17, 15) is 14.4 Å². The number of esters is 3. The molecule has 0 saturated carbocycles. The van der Waals surface area contributed by atoms with Crippen LogP contribution in [0.2, 0.25) is 0 Å². The van der Waals surface area contributed by atoms with Crippen LogP contribution >= 0.6 is 0 Å². The van der Waals surface area contributed by atoms with Crippen molar-refractivity contribution in [3.63, 3.8) is 0 Å². The maximum atomic E-state index is 12.9. The van der Waals surface area contributed by atoms with Gasteiger partial charge in [0.05, 0.1) is 0 Å². The highest BCUT2D eigenvalue weighted by molar-refractivity contribution is 5.71. The lowest BCUT2D eigenvalue weighted by Gasteiger charge is -2.18. The maximum Gasteiger partial charge on any atom is 0.306 e. The number of rotatable bonds is 63. The van der Waals surface area contributed by atoms with Crippen LogP contribution in [0.4, 0.5) is 0 Å². The van der Waals surface area contributed by atoms with Gasteiger partial charge in [-0.2, -0.15) is 0 Å². The topological polar surface area (TPSA) is 78.9 Å². The summed E-state index contributed by atoms with van der Waals surface area (Å²) < 4.78 is 16.9. The molecule has 438 valence electrons. The third-order valence-electron chi connectivity index (χ3n) is 15.5. The van der Waals surface area contributed by atoms with Gasteiger partial charge in [0.25, 0.3) is 0 Å². The van der Waals surface area contributed by atoms with Gasteiger partial charge in [-0.05, 0) is 44.9 Å². The summed E-state index contributed by atoms with van der Waals surface area (Å²) in [6.45, 7) is 6.70. The molecule has 0 radical (unpaired) electrons. The van der Waals surface area contributed by atoms with E-state index in [0.29, 0.717) is 19.3 Å². The number of hydrogen-bond donors (Lipinski definition) is 0. The van der Waals surface area contributed by atoms with E-state index in [-0.39, 0.29) is 31.1 Å². The Morgan fingerprint density at radius 3 is 0.676 bits per heavy atom. The van der Waals surface area contributed by atoms with Gasteiger partial charge < -0.3 is 14.2 Å². The van der Waals surface area contributed by atoms with Gasteiger partial charge in [-0.1, -0.05) is 335 Å². The van der Waals surface area contributed by atoms with E-state index in [4.69, 9.17) is 14.2 Å². The van der Waals surface area contributed by atoms with Crippen molar-refractivity contribution in [1.82, 2.24) is 0 Å². The second-order valence-corrected chi connectivity index (χ2v) is 23.1. The van der Waals surface area contributed by atoms with Crippen LogP contribution in [0.15, 0.2) is 12.2 Å². The number of carbonyl (C=O) groups excluding carboxylic acids is 3. The number of hydrogen-bond acceptors (Lipinski definition) is 6. The van der Waals surface area contributed by atoms with Gasteiger partial charge >= 0.3 is 17.9 Å². The fraction of sp³-hybridized carbons (Fsp3) is 0.926. The lowest BCUT2D eigenvalue weighted by Crippen LogP contribution is -2.30. The summed E-state index contributed by atoms with van der Waals surface area (Å²) in [5, 5.41) is 0. The van der Waals surface area contributed by atoms with Crippen LogP contribution in [-0.4, -0.2) is 37.2 Å². The van der Waals surface area contributed by atoms with Crippen LogP contribution in [0, 0.1) is 0 Å². The Bertz CT molecular complexity index is 1150. The Kier molecular flexibility index (Phi) is 62.1. The normalized spacial score (nSPS) is 12.0. The predicted octanol–water partition coefficient (Wildman–Crippen LogP) is 22.8. The van der Waals surface area contributed by atoms with Crippen molar-refractivity contribution in [1.29, 1.82) is 0 Å². The zero-order valence-corrected chi connectivity index (χ0v) is 50.4. The highest BCUT2D eigenvalue weighted by Gasteiger charge is 2.19. The molecule has 0 aromatic carbocycles. The third kappa shape index (κ3) is 61.0. The quantitative estimate of drug-likeness (QED) is 0.0261. The van der Waals surface area contributed by atoms with Gasteiger partial charge in [-0.25, -0.2) is 0 Å². The number of carbonyl (C=O) groups is 3. The minimum Gasteiger partial charge on any atom is -0.462 e. The molecule has 0 fully saturated rings. The predicted molar refractivity (Wildman–Crippen MR) is 321 cm³/mol. The molecule has 0 bridgehead atoms. The summed E-state index contributed by atoms with van der Waals surface area (Å²) >= 11 is 0. The van der Waals surface area contributed by atoms with E-state index >= 15 is 0 Å². The summed E-state index contributed by atoms with van der Waals surface area (Å²) in [5.74, 6) is -0.845. The van der Waals surface area contributed by atoms with Crippen molar-refractivity contribution in [2.75, 3.05) is 13.2 Å². The van der Waals surface area contributed by atoms with Crippen molar-refractivity contribution < 1.29 is 28.6 Å². The fourth-order valence-electron chi connectivity index (χ4n) is 10.4. The monoisotopic (exact) mass is 1040 g/mol. The average molecular weight is 1040 g/mol. The first-order valence-electron chi connectivity index (χ1n) is 33.7. The minimum absolute atomic E-state index is 0.0670. The largest absolute Gasteiger partial charge is 0.462 e. The number of allylic oxidation sites excluding steroid dienone is 2. The fourth-order valence-corrected chi connectivity index (χ4v) is 10.4. The molecule has 74 heavy (non-hydrogen) atoms. The van der Waals surface area contributed by atoms with Crippen molar-refractivity contribution >= 4 is 17.9 Å². The van der Waals surface area contributed by atoms with Crippen molar-refractivity contribution in [2.45, 2.75) is 393 Å². The summed E-state index contributed by atoms with van der Waals surface area (Å²) in [4.78, 5) is 38.3. The molecular weight excluding hydrogens is 913 g/mol. The zero-order valence-electron chi connectivity index (χ0n) is 50.4. The highest BCUT2D eigenvalue weighted by atomic mass is 16.6. The molecule has 0 spiro atoms. The molecule has 0 aromatic heterocycles. The van der Waals surface area contributed by atoms with Gasteiger partial charge in [-0.15, -0.1) is 0 Å². The molecule has 0 aliphatic rings. The van der Waals surface area contributed by atoms with Crippen molar-refractivity contribution in [3.05, 3.63) is 12.2 Å².